The molecule has 0 aromatic heterocycles. The van der Waals surface area contributed by atoms with Crippen molar-refractivity contribution in [3.05, 3.63) is 58.6 Å². The van der Waals surface area contributed by atoms with Crippen molar-refractivity contribution in [1.82, 2.24) is 0 Å². The summed E-state index contributed by atoms with van der Waals surface area (Å²) in [5, 5.41) is -0.0787. The van der Waals surface area contributed by atoms with E-state index in [0.29, 0.717) is 0 Å². The van der Waals surface area contributed by atoms with Gasteiger partial charge in [0.15, 0.2) is 0 Å². The molecule has 0 N–H and O–H groups in total. The summed E-state index contributed by atoms with van der Waals surface area (Å²) in [6, 6.07) is 11.0. The van der Waals surface area contributed by atoms with Crippen LogP contribution in [-0.4, -0.2) is 71.4 Å². The predicted molar refractivity (Wildman–Crippen MR) is 84.6 cm³/mol. The van der Waals surface area contributed by atoms with Gasteiger partial charge in [-0.25, -0.2) is 16.8 Å². The quantitative estimate of drug-likeness (QED) is 0.490. The summed E-state index contributed by atoms with van der Waals surface area (Å²) in [5.41, 5.74) is 0. The van der Waals surface area contributed by atoms with Gasteiger partial charge in [-0.05, 0) is 24.3 Å². The van der Waals surface area contributed by atoms with E-state index in [1.165, 1.54) is 36.4 Å². The van der Waals surface area contributed by atoms with E-state index < -0.39 is 20.2 Å². The zero-order valence-electron chi connectivity index (χ0n) is 11.3. The Morgan fingerprint density at radius 3 is 1.09 bits per heavy atom. The number of hydrogen-bond acceptors (Lipinski definition) is 6. The summed E-state index contributed by atoms with van der Waals surface area (Å²) in [4.78, 5) is -0.747. The van der Waals surface area contributed by atoms with E-state index in [9.17, 15) is 25.9 Å². The number of rotatable bonds is 2. The van der Waals surface area contributed by atoms with E-state index in [2.05, 4.69) is 0 Å². The summed E-state index contributed by atoms with van der Waals surface area (Å²) < 4.78 is 62.5. The maximum absolute atomic E-state index is 10.4. The molecule has 0 radical (unpaired) electrons. The molecule has 11 heteroatoms. The summed E-state index contributed by atoms with van der Waals surface area (Å²) in [6.45, 7) is 0. The van der Waals surface area contributed by atoms with E-state index in [1.54, 1.807) is 12.1 Å². The fourth-order valence-electron chi connectivity index (χ4n) is 1.29. The molecule has 6 nitrogen and oxygen atoms in total. The average Bonchev–Trinajstić information content (AvgIpc) is 2.37. The Hall–Kier alpha value is 0.321. The van der Waals surface area contributed by atoms with Crippen LogP contribution >= 0.6 is 23.2 Å². The third-order valence-corrected chi connectivity index (χ3v) is 4.88. The van der Waals surface area contributed by atoms with Crippen molar-refractivity contribution in [3.8, 4) is 0 Å². The summed E-state index contributed by atoms with van der Waals surface area (Å²) >= 11 is 10.9. The molecule has 0 atom stereocenters. The van der Waals surface area contributed by atoms with Crippen molar-refractivity contribution >= 4 is 88.9 Å². The largest absolute Gasteiger partial charge is 2.00 e. The first-order valence-electron chi connectivity index (χ1n) is 5.44. The third kappa shape index (κ3) is 7.82. The van der Waals surface area contributed by atoms with E-state index in [0.717, 1.165) is 0 Å². The molecule has 2 aromatic carbocycles. The van der Waals surface area contributed by atoms with Crippen LogP contribution in [0.15, 0.2) is 58.3 Å². The van der Waals surface area contributed by atoms with Gasteiger partial charge < -0.3 is 9.11 Å². The molecule has 0 unspecified atom stereocenters. The first-order valence-corrected chi connectivity index (χ1v) is 9.01. The van der Waals surface area contributed by atoms with Crippen LogP contribution in [-0.2, 0) is 20.2 Å². The van der Waals surface area contributed by atoms with Gasteiger partial charge in [-0.1, -0.05) is 47.5 Å². The van der Waals surface area contributed by atoms with E-state index in [4.69, 9.17) is 23.2 Å². The van der Waals surface area contributed by atoms with Crippen molar-refractivity contribution in [3.63, 3.8) is 0 Å². The van der Waals surface area contributed by atoms with Crippen LogP contribution in [0.1, 0.15) is 0 Å². The molecule has 0 bridgehead atoms. The number of hydrogen-bond donors (Lipinski definition) is 0. The fourth-order valence-corrected chi connectivity index (χ4v) is 3.24. The maximum atomic E-state index is 10.4. The third-order valence-electron chi connectivity index (χ3n) is 2.21. The number of halogens is 2. The van der Waals surface area contributed by atoms with E-state index in [-0.39, 0.29) is 65.3 Å². The molecule has 0 amide bonds. The van der Waals surface area contributed by atoms with Crippen LogP contribution in [0.2, 0.25) is 10.0 Å². The van der Waals surface area contributed by atoms with Gasteiger partial charge in [0.05, 0.1) is 19.8 Å². The van der Waals surface area contributed by atoms with E-state index in [1.807, 2.05) is 0 Å². The van der Waals surface area contributed by atoms with Crippen LogP contribution in [0.3, 0.4) is 0 Å². The van der Waals surface area contributed by atoms with Crippen LogP contribution < -0.4 is 0 Å². The van der Waals surface area contributed by atoms with Crippen molar-refractivity contribution in [2.24, 2.45) is 0 Å². The molecule has 2 aromatic rings. The molecule has 120 valence electrons. The number of benzene rings is 2. The van der Waals surface area contributed by atoms with Crippen molar-refractivity contribution in [2.75, 3.05) is 0 Å². The van der Waals surface area contributed by atoms with Crippen molar-refractivity contribution in [1.29, 1.82) is 0 Å². The van der Waals surface area contributed by atoms with Gasteiger partial charge in [-0.15, -0.1) is 0 Å². The second kappa shape index (κ2) is 9.71. The van der Waals surface area contributed by atoms with Gasteiger partial charge in [0, 0.05) is 0 Å². The van der Waals surface area contributed by atoms with Gasteiger partial charge in [0.1, 0.15) is 20.2 Å². The molecule has 0 aliphatic rings. The standard InChI is InChI=1S/2C6H5ClO3S.Sr/c2*7-5-3-1-2-4-6(5)11(8,9)10;/h2*1-4H,(H,8,9,10);/q;;+2/p-2. The van der Waals surface area contributed by atoms with Gasteiger partial charge in [-0.3, -0.25) is 0 Å². The van der Waals surface area contributed by atoms with Crippen LogP contribution in [0.4, 0.5) is 0 Å². The van der Waals surface area contributed by atoms with Crippen molar-refractivity contribution in [2.45, 2.75) is 9.79 Å². The predicted octanol–water partition coefficient (Wildman–Crippen LogP) is 2.11. The molecule has 0 fully saturated rings. The first kappa shape index (κ1) is 23.3. The van der Waals surface area contributed by atoms with Crippen LogP contribution in [0, 0.1) is 0 Å². The van der Waals surface area contributed by atoms with Gasteiger partial charge in [0.25, 0.3) is 0 Å². The Balaban J connectivity index is 0.000000403. The Bertz CT molecular complexity index is 795. The Morgan fingerprint density at radius 1 is 0.652 bits per heavy atom. The fraction of sp³-hybridized carbons (Fsp3) is 0. The topological polar surface area (TPSA) is 114 Å². The summed E-state index contributed by atoms with van der Waals surface area (Å²) in [7, 11) is -8.83. The molecule has 0 saturated carbocycles. The Labute approximate surface area is 181 Å². The molecule has 0 spiro atoms. The van der Waals surface area contributed by atoms with Crippen LogP contribution in [0.25, 0.3) is 0 Å². The van der Waals surface area contributed by atoms with Gasteiger partial charge >= 0.3 is 45.5 Å². The normalized spacial score (nSPS) is 11.0. The molecular formula is C12H8Cl2O6S2Sr. The maximum Gasteiger partial charge on any atom is 2.00 e. The SMILES string of the molecule is O=S(=O)([O-])c1ccccc1Cl.O=S(=O)([O-])c1ccccc1Cl.[Sr+2]. The van der Waals surface area contributed by atoms with Gasteiger partial charge in [0.2, 0.25) is 0 Å². The van der Waals surface area contributed by atoms with Crippen LogP contribution in [0.5, 0.6) is 0 Å². The minimum atomic E-state index is -4.42. The van der Waals surface area contributed by atoms with Crippen molar-refractivity contribution < 1.29 is 25.9 Å². The zero-order valence-corrected chi connectivity index (χ0v) is 18.0. The molecular weight excluding hydrogens is 463 g/mol. The molecule has 0 heterocycles. The molecule has 2 rings (SSSR count). The molecule has 0 aliphatic heterocycles. The second-order valence-corrected chi connectivity index (χ2v) is 7.28. The average molecular weight is 471 g/mol. The Morgan fingerprint density at radius 2 is 0.913 bits per heavy atom. The molecule has 23 heavy (non-hydrogen) atoms. The Kier molecular flexibility index (Phi) is 9.85. The molecule has 0 aliphatic carbocycles. The monoisotopic (exact) mass is 470 g/mol. The minimum Gasteiger partial charge on any atom is -0.744 e. The second-order valence-electron chi connectivity index (χ2n) is 3.77. The smallest absolute Gasteiger partial charge is 0.744 e. The zero-order chi connectivity index (χ0) is 17.0. The van der Waals surface area contributed by atoms with Gasteiger partial charge in [-0.2, -0.15) is 0 Å². The summed E-state index contributed by atoms with van der Waals surface area (Å²) in [5.74, 6) is 0. The van der Waals surface area contributed by atoms with E-state index >= 15 is 0 Å². The minimum absolute atomic E-state index is 0. The first-order chi connectivity index (χ1) is 10.0. The molecule has 0 saturated heterocycles. The summed E-state index contributed by atoms with van der Waals surface area (Å²) in [6.07, 6.45) is 0.